The molecule has 1 fully saturated rings. The highest BCUT2D eigenvalue weighted by Crippen LogP contribution is 2.33. The van der Waals surface area contributed by atoms with Crippen LogP contribution in [-0.4, -0.2) is 35.0 Å². The van der Waals surface area contributed by atoms with Crippen molar-refractivity contribution >= 4 is 11.9 Å². The lowest BCUT2D eigenvalue weighted by atomic mass is 9.89. The van der Waals surface area contributed by atoms with E-state index < -0.39 is 11.9 Å². The van der Waals surface area contributed by atoms with Crippen molar-refractivity contribution in [3.63, 3.8) is 0 Å². The van der Waals surface area contributed by atoms with Gasteiger partial charge in [-0.2, -0.15) is 0 Å². The molecule has 3 rings (SSSR count). The molecule has 4 heteroatoms. The second-order valence-electron chi connectivity index (χ2n) is 6.55. The summed E-state index contributed by atoms with van der Waals surface area (Å²) >= 11 is 0. The fourth-order valence-electron chi connectivity index (χ4n) is 3.54. The van der Waals surface area contributed by atoms with Crippen LogP contribution < -0.4 is 0 Å². The molecule has 1 saturated heterocycles. The van der Waals surface area contributed by atoms with Gasteiger partial charge in [0.2, 0.25) is 0 Å². The number of hydrogen-bond acceptors (Lipinski definition) is 2. The summed E-state index contributed by atoms with van der Waals surface area (Å²) in [6.07, 6.45) is 0. The van der Waals surface area contributed by atoms with E-state index in [-0.39, 0.29) is 18.4 Å². The molecule has 0 spiro atoms. The summed E-state index contributed by atoms with van der Waals surface area (Å²) in [5.41, 5.74) is 3.67. The van der Waals surface area contributed by atoms with Crippen LogP contribution in [0.4, 0.5) is 0 Å². The molecule has 1 aliphatic heterocycles. The fraction of sp³-hybridized carbons (Fsp3) is 0.300. The Bertz CT molecular complexity index is 749. The third kappa shape index (κ3) is 3.18. The summed E-state index contributed by atoms with van der Waals surface area (Å²) in [4.78, 5) is 26.2. The number of carboxylic acids is 1. The van der Waals surface area contributed by atoms with Gasteiger partial charge in [0.1, 0.15) is 0 Å². The number of carbonyl (C=O) groups excluding carboxylic acids is 1. The van der Waals surface area contributed by atoms with Gasteiger partial charge in [-0.25, -0.2) is 0 Å². The maximum Gasteiger partial charge on any atom is 0.308 e. The molecule has 1 N–H and O–H groups in total. The van der Waals surface area contributed by atoms with Crippen LogP contribution in [0, 0.1) is 19.8 Å². The lowest BCUT2D eigenvalue weighted by Gasteiger charge is -2.17. The van der Waals surface area contributed by atoms with Gasteiger partial charge in [0.15, 0.2) is 0 Å². The number of amides is 1. The molecule has 2 aromatic rings. The molecule has 24 heavy (non-hydrogen) atoms. The minimum Gasteiger partial charge on any atom is -0.481 e. The fourth-order valence-corrected chi connectivity index (χ4v) is 3.54. The van der Waals surface area contributed by atoms with E-state index in [1.165, 1.54) is 0 Å². The van der Waals surface area contributed by atoms with Gasteiger partial charge in [-0.1, -0.05) is 47.5 Å². The summed E-state index contributed by atoms with van der Waals surface area (Å²) in [6, 6.07) is 15.3. The van der Waals surface area contributed by atoms with Gasteiger partial charge in [0, 0.05) is 24.6 Å². The van der Waals surface area contributed by atoms with Crippen LogP contribution in [-0.2, 0) is 4.79 Å². The maximum absolute atomic E-state index is 12.8. The Balaban J connectivity index is 1.87. The molecule has 2 aromatic carbocycles. The predicted molar refractivity (Wildman–Crippen MR) is 92.1 cm³/mol. The van der Waals surface area contributed by atoms with Crippen LogP contribution in [0.15, 0.2) is 48.5 Å². The predicted octanol–water partition coefficient (Wildman–Crippen LogP) is 3.24. The van der Waals surface area contributed by atoms with E-state index in [4.69, 9.17) is 0 Å². The zero-order valence-corrected chi connectivity index (χ0v) is 13.9. The Kier molecular flexibility index (Phi) is 4.38. The number of nitrogens with zero attached hydrogens (tertiary/aromatic N) is 1. The number of carbonyl (C=O) groups is 2. The van der Waals surface area contributed by atoms with Crippen molar-refractivity contribution in [1.82, 2.24) is 4.90 Å². The van der Waals surface area contributed by atoms with Gasteiger partial charge in [0.25, 0.3) is 5.91 Å². The van der Waals surface area contributed by atoms with Gasteiger partial charge >= 0.3 is 5.97 Å². The number of likely N-dealkylation sites (tertiary alicyclic amines) is 1. The summed E-state index contributed by atoms with van der Waals surface area (Å²) in [6.45, 7) is 4.61. The first-order chi connectivity index (χ1) is 11.5. The first kappa shape index (κ1) is 16.2. The van der Waals surface area contributed by atoms with E-state index >= 15 is 0 Å². The molecule has 0 bridgehead atoms. The van der Waals surface area contributed by atoms with Gasteiger partial charge in [-0.15, -0.1) is 0 Å². The Morgan fingerprint density at radius 3 is 2.21 bits per heavy atom. The van der Waals surface area contributed by atoms with E-state index in [9.17, 15) is 14.7 Å². The Morgan fingerprint density at radius 2 is 1.62 bits per heavy atom. The lowest BCUT2D eigenvalue weighted by molar-refractivity contribution is -0.141. The smallest absolute Gasteiger partial charge is 0.308 e. The van der Waals surface area contributed by atoms with Crippen molar-refractivity contribution in [2.45, 2.75) is 19.8 Å². The number of aryl methyl sites for hydroxylation is 2. The second kappa shape index (κ2) is 6.48. The number of benzene rings is 2. The van der Waals surface area contributed by atoms with Crippen LogP contribution in [0.1, 0.15) is 33.0 Å². The molecule has 0 aromatic heterocycles. The van der Waals surface area contributed by atoms with Crippen molar-refractivity contribution < 1.29 is 14.7 Å². The largest absolute Gasteiger partial charge is 0.481 e. The van der Waals surface area contributed by atoms with Crippen molar-refractivity contribution in [1.29, 1.82) is 0 Å². The molecule has 0 radical (unpaired) electrons. The molecular weight excluding hydrogens is 302 g/mol. The lowest BCUT2D eigenvalue weighted by Crippen LogP contribution is -2.30. The quantitative estimate of drug-likeness (QED) is 0.943. The highest BCUT2D eigenvalue weighted by Gasteiger charge is 2.40. The zero-order valence-electron chi connectivity index (χ0n) is 13.9. The normalized spacial score (nSPS) is 20.2. The minimum atomic E-state index is -0.848. The van der Waals surface area contributed by atoms with Crippen LogP contribution in [0.5, 0.6) is 0 Å². The molecule has 1 aliphatic rings. The minimum absolute atomic E-state index is 0.0912. The SMILES string of the molecule is Cc1cc(C)cc(C(=O)N2C[C@@H](C(=O)O)[C@H](c3ccccc3)C2)c1. The molecule has 0 aliphatic carbocycles. The van der Waals surface area contributed by atoms with Crippen molar-refractivity contribution in [3.05, 3.63) is 70.8 Å². The first-order valence-electron chi connectivity index (χ1n) is 8.11. The average molecular weight is 323 g/mol. The molecule has 0 saturated carbocycles. The molecule has 4 nitrogen and oxygen atoms in total. The Morgan fingerprint density at radius 1 is 1.00 bits per heavy atom. The van der Waals surface area contributed by atoms with Gasteiger partial charge in [0.05, 0.1) is 5.92 Å². The molecule has 1 heterocycles. The third-order valence-electron chi connectivity index (χ3n) is 4.62. The Hall–Kier alpha value is -2.62. The Labute approximate surface area is 141 Å². The van der Waals surface area contributed by atoms with Gasteiger partial charge in [-0.05, 0) is 31.5 Å². The highest BCUT2D eigenvalue weighted by molar-refractivity contribution is 5.95. The topological polar surface area (TPSA) is 57.6 Å². The van der Waals surface area contributed by atoms with Crippen LogP contribution in [0.2, 0.25) is 0 Å². The molecule has 2 atom stereocenters. The number of hydrogen-bond donors (Lipinski definition) is 1. The van der Waals surface area contributed by atoms with E-state index in [2.05, 4.69) is 0 Å². The van der Waals surface area contributed by atoms with Crippen LogP contribution >= 0.6 is 0 Å². The van der Waals surface area contributed by atoms with E-state index in [1.807, 2.05) is 62.4 Å². The van der Waals surface area contributed by atoms with Crippen LogP contribution in [0.25, 0.3) is 0 Å². The summed E-state index contributed by atoms with van der Waals surface area (Å²) in [5, 5.41) is 9.57. The van der Waals surface area contributed by atoms with Gasteiger partial charge in [-0.3, -0.25) is 9.59 Å². The van der Waals surface area contributed by atoms with Crippen molar-refractivity contribution in [3.8, 4) is 0 Å². The van der Waals surface area contributed by atoms with Crippen molar-refractivity contribution in [2.75, 3.05) is 13.1 Å². The molecular formula is C20H21NO3. The third-order valence-corrected chi connectivity index (χ3v) is 4.62. The number of rotatable bonds is 3. The summed E-state index contributed by atoms with van der Waals surface area (Å²) < 4.78 is 0. The zero-order chi connectivity index (χ0) is 17.3. The highest BCUT2D eigenvalue weighted by atomic mass is 16.4. The second-order valence-corrected chi connectivity index (χ2v) is 6.55. The number of carboxylic acid groups (broad SMARTS) is 1. The summed E-state index contributed by atoms with van der Waals surface area (Å²) in [7, 11) is 0. The molecule has 124 valence electrons. The standard InChI is InChI=1S/C20H21NO3/c1-13-8-14(2)10-16(9-13)19(22)21-11-17(18(12-21)20(23)24)15-6-4-3-5-7-15/h3-10,17-18H,11-12H2,1-2H3,(H,23,24)/t17-,18+/m0/s1. The molecule has 0 unspecified atom stereocenters. The average Bonchev–Trinajstić information content (AvgIpc) is 2.99. The van der Waals surface area contributed by atoms with Crippen molar-refractivity contribution in [2.24, 2.45) is 5.92 Å². The van der Waals surface area contributed by atoms with E-state index in [0.29, 0.717) is 12.1 Å². The molecule has 1 amide bonds. The first-order valence-corrected chi connectivity index (χ1v) is 8.11. The van der Waals surface area contributed by atoms with E-state index in [1.54, 1.807) is 4.90 Å². The number of aliphatic carboxylic acids is 1. The maximum atomic E-state index is 12.8. The van der Waals surface area contributed by atoms with Gasteiger partial charge < -0.3 is 10.0 Å². The van der Waals surface area contributed by atoms with E-state index in [0.717, 1.165) is 16.7 Å². The monoisotopic (exact) mass is 323 g/mol. The summed E-state index contributed by atoms with van der Waals surface area (Å²) in [5.74, 6) is -1.67. The van der Waals surface area contributed by atoms with Crippen LogP contribution in [0.3, 0.4) is 0 Å².